The average molecular weight is 471 g/mol. The topological polar surface area (TPSA) is 119 Å². The number of carbonyl (C=O) groups excluding carboxylic acids is 1. The van der Waals surface area contributed by atoms with Gasteiger partial charge in [-0.3, -0.25) is 4.79 Å². The van der Waals surface area contributed by atoms with Gasteiger partial charge in [0.05, 0.1) is 16.4 Å². The van der Waals surface area contributed by atoms with Crippen LogP contribution in [0.25, 0.3) is 0 Å². The fourth-order valence-electron chi connectivity index (χ4n) is 3.02. The fourth-order valence-corrected chi connectivity index (χ4v) is 6.07. The van der Waals surface area contributed by atoms with Crippen molar-refractivity contribution in [2.75, 3.05) is 16.8 Å². The number of benzene rings is 2. The molecule has 2 aromatic rings. The van der Waals surface area contributed by atoms with E-state index in [2.05, 4.69) is 10.0 Å². The van der Waals surface area contributed by atoms with Crippen LogP contribution in [0.4, 0.5) is 10.1 Å². The first kappa shape index (κ1) is 23.2. The van der Waals surface area contributed by atoms with Gasteiger partial charge in [0.2, 0.25) is 10.0 Å². The second kappa shape index (κ2) is 8.56. The molecule has 168 valence electrons. The van der Waals surface area contributed by atoms with Crippen LogP contribution in [-0.2, 0) is 24.7 Å². The summed E-state index contributed by atoms with van der Waals surface area (Å²) in [6.45, 7) is 3.09. The molecule has 2 aromatic carbocycles. The zero-order chi connectivity index (χ0) is 22.9. The van der Waals surface area contributed by atoms with Crippen molar-refractivity contribution in [3.8, 4) is 5.75 Å². The molecule has 1 amide bonds. The number of nitrogens with one attached hydrogen (secondary N) is 2. The Kier molecular flexibility index (Phi) is 6.40. The highest BCUT2D eigenvalue weighted by Gasteiger charge is 2.32. The van der Waals surface area contributed by atoms with Crippen molar-refractivity contribution in [2.24, 2.45) is 0 Å². The van der Waals surface area contributed by atoms with Gasteiger partial charge in [0, 0.05) is 11.7 Å². The maximum Gasteiger partial charge on any atom is 0.267 e. The number of sulfonamides is 1. The van der Waals surface area contributed by atoms with Crippen LogP contribution in [0.1, 0.15) is 20.3 Å². The first-order valence-electron chi connectivity index (χ1n) is 9.45. The zero-order valence-electron chi connectivity index (χ0n) is 17.0. The number of sulfone groups is 1. The quantitative estimate of drug-likeness (QED) is 0.640. The highest BCUT2D eigenvalue weighted by molar-refractivity contribution is 7.92. The van der Waals surface area contributed by atoms with Crippen molar-refractivity contribution in [1.82, 2.24) is 4.72 Å². The normalized spacial score (nSPS) is 18.5. The summed E-state index contributed by atoms with van der Waals surface area (Å²) < 4.78 is 69.0. The van der Waals surface area contributed by atoms with Gasteiger partial charge in [0.1, 0.15) is 11.6 Å². The standard InChI is InChI=1S/C20H23FN2O6S2/c1-20(2,29-17-7-3-14(21)4-8-17)19(24)22-15-5-9-18(10-6-15)31(27,28)23-16-11-12-30(25,26)13-16/h3-10,16,23H,11-13H2,1-2H3,(H,22,24)/t16-/m1/s1. The minimum Gasteiger partial charge on any atom is -0.478 e. The van der Waals surface area contributed by atoms with Crippen molar-refractivity contribution in [1.29, 1.82) is 0 Å². The second-order valence-electron chi connectivity index (χ2n) is 7.77. The van der Waals surface area contributed by atoms with E-state index < -0.39 is 43.2 Å². The number of anilines is 1. The predicted molar refractivity (Wildman–Crippen MR) is 114 cm³/mol. The third-order valence-electron chi connectivity index (χ3n) is 4.71. The van der Waals surface area contributed by atoms with Gasteiger partial charge in [-0.2, -0.15) is 0 Å². The van der Waals surface area contributed by atoms with Gasteiger partial charge in [-0.1, -0.05) is 0 Å². The number of halogens is 1. The highest BCUT2D eigenvalue weighted by atomic mass is 32.2. The predicted octanol–water partition coefficient (Wildman–Crippen LogP) is 2.09. The molecule has 1 fully saturated rings. The summed E-state index contributed by atoms with van der Waals surface area (Å²) in [5.41, 5.74) is -0.930. The first-order valence-corrected chi connectivity index (χ1v) is 12.8. The molecule has 1 atom stereocenters. The lowest BCUT2D eigenvalue weighted by Gasteiger charge is -2.25. The van der Waals surface area contributed by atoms with Crippen molar-refractivity contribution < 1.29 is 30.8 Å². The second-order valence-corrected chi connectivity index (χ2v) is 11.7. The number of carbonyl (C=O) groups is 1. The van der Waals surface area contributed by atoms with Crippen LogP contribution in [0.3, 0.4) is 0 Å². The number of hydrogen-bond donors (Lipinski definition) is 2. The monoisotopic (exact) mass is 470 g/mol. The number of amides is 1. The van der Waals surface area contributed by atoms with Crippen molar-refractivity contribution in [3.05, 3.63) is 54.3 Å². The molecule has 2 N–H and O–H groups in total. The van der Waals surface area contributed by atoms with E-state index in [1.165, 1.54) is 48.5 Å². The molecule has 0 aromatic heterocycles. The van der Waals surface area contributed by atoms with Gasteiger partial charge in [0.25, 0.3) is 5.91 Å². The summed E-state index contributed by atoms with van der Waals surface area (Å²) >= 11 is 0. The molecule has 1 saturated heterocycles. The molecule has 3 rings (SSSR count). The largest absolute Gasteiger partial charge is 0.478 e. The number of hydrogen-bond acceptors (Lipinski definition) is 6. The van der Waals surface area contributed by atoms with Crippen LogP contribution in [0.5, 0.6) is 5.75 Å². The maximum absolute atomic E-state index is 13.0. The van der Waals surface area contributed by atoms with Gasteiger partial charge in [0.15, 0.2) is 15.4 Å². The van der Waals surface area contributed by atoms with Gasteiger partial charge in [-0.25, -0.2) is 25.9 Å². The summed E-state index contributed by atoms with van der Waals surface area (Å²) in [5, 5.41) is 2.64. The molecule has 0 bridgehead atoms. The molecule has 0 spiro atoms. The van der Waals surface area contributed by atoms with Crippen LogP contribution in [-0.4, -0.2) is 45.9 Å². The van der Waals surface area contributed by atoms with Gasteiger partial charge in [-0.15, -0.1) is 0 Å². The lowest BCUT2D eigenvalue weighted by molar-refractivity contribution is -0.128. The Labute approximate surface area is 180 Å². The van der Waals surface area contributed by atoms with E-state index in [0.29, 0.717) is 11.4 Å². The summed E-state index contributed by atoms with van der Waals surface area (Å²) in [6, 6.07) is 10.1. The molecule has 0 radical (unpaired) electrons. The van der Waals surface area contributed by atoms with E-state index in [4.69, 9.17) is 4.74 Å². The Morgan fingerprint density at radius 1 is 1.10 bits per heavy atom. The molecule has 0 saturated carbocycles. The molecule has 8 nitrogen and oxygen atoms in total. The van der Waals surface area contributed by atoms with Crippen LogP contribution >= 0.6 is 0 Å². The lowest BCUT2D eigenvalue weighted by Crippen LogP contribution is -2.42. The van der Waals surface area contributed by atoms with Crippen LogP contribution < -0.4 is 14.8 Å². The van der Waals surface area contributed by atoms with Crippen molar-refractivity contribution >= 4 is 31.5 Å². The van der Waals surface area contributed by atoms with Crippen LogP contribution in [0.2, 0.25) is 0 Å². The molecule has 1 aliphatic heterocycles. The van der Waals surface area contributed by atoms with E-state index >= 15 is 0 Å². The lowest BCUT2D eigenvalue weighted by atomic mass is 10.1. The fraction of sp³-hybridized carbons (Fsp3) is 0.350. The summed E-state index contributed by atoms with van der Waals surface area (Å²) in [5.74, 6) is -0.844. The van der Waals surface area contributed by atoms with Crippen LogP contribution in [0, 0.1) is 5.82 Å². The van der Waals surface area contributed by atoms with E-state index in [9.17, 15) is 26.0 Å². The minimum absolute atomic E-state index is 0.0407. The molecular formula is C20H23FN2O6S2. The Morgan fingerprint density at radius 2 is 1.71 bits per heavy atom. The van der Waals surface area contributed by atoms with E-state index in [0.717, 1.165) is 0 Å². The maximum atomic E-state index is 13.0. The highest BCUT2D eigenvalue weighted by Crippen LogP contribution is 2.22. The van der Waals surface area contributed by atoms with E-state index in [1.807, 2.05) is 0 Å². The summed E-state index contributed by atoms with van der Waals surface area (Å²) in [4.78, 5) is 12.5. The Bertz CT molecular complexity index is 1160. The zero-order valence-corrected chi connectivity index (χ0v) is 18.6. The minimum atomic E-state index is -3.89. The Morgan fingerprint density at radius 3 is 2.26 bits per heavy atom. The van der Waals surface area contributed by atoms with Gasteiger partial charge < -0.3 is 10.1 Å². The molecule has 1 heterocycles. The van der Waals surface area contributed by atoms with Gasteiger partial charge >= 0.3 is 0 Å². The van der Waals surface area contributed by atoms with E-state index in [1.54, 1.807) is 13.8 Å². The smallest absolute Gasteiger partial charge is 0.267 e. The average Bonchev–Trinajstić information content (AvgIpc) is 3.01. The molecule has 31 heavy (non-hydrogen) atoms. The third kappa shape index (κ3) is 6.02. The van der Waals surface area contributed by atoms with Gasteiger partial charge in [-0.05, 0) is 68.8 Å². The van der Waals surface area contributed by atoms with Crippen molar-refractivity contribution in [3.63, 3.8) is 0 Å². The number of rotatable bonds is 7. The molecular weight excluding hydrogens is 447 g/mol. The molecule has 0 aliphatic carbocycles. The van der Waals surface area contributed by atoms with Crippen molar-refractivity contribution in [2.45, 2.75) is 36.8 Å². The first-order chi connectivity index (χ1) is 14.4. The molecule has 0 unspecified atom stereocenters. The van der Waals surface area contributed by atoms with E-state index in [-0.39, 0.29) is 22.8 Å². The Balaban J connectivity index is 1.64. The molecule has 11 heteroatoms. The molecule has 1 aliphatic rings. The SMILES string of the molecule is CC(C)(Oc1ccc(F)cc1)C(=O)Nc1ccc(S(=O)(=O)N[C@@H]2CCS(=O)(=O)C2)cc1. The number of ether oxygens (including phenoxy) is 1. The summed E-state index contributed by atoms with van der Waals surface area (Å²) in [7, 11) is -7.11. The Hall–Kier alpha value is -2.50. The van der Waals surface area contributed by atoms with Crippen LogP contribution in [0.15, 0.2) is 53.4 Å². The summed E-state index contributed by atoms with van der Waals surface area (Å²) in [6.07, 6.45) is 0.235. The third-order valence-corrected chi connectivity index (χ3v) is 8.01.